The standard InChI is InChI=1S/C23H25FN2O7S2/c1-4-33-20(28)14-26-21-17(31-2)11-12-18(32-3)22(21)34-23(26)25-19(27)6-5-13-35(29,30)16-9-7-15(24)8-10-16/h7-12H,4-6,13-14H2,1-3H3. The van der Waals surface area contributed by atoms with E-state index in [1.807, 2.05) is 0 Å². The number of nitrogens with zero attached hydrogens (tertiary/aromatic N) is 2. The molecule has 2 aromatic carbocycles. The van der Waals surface area contributed by atoms with Crippen LogP contribution in [0.2, 0.25) is 0 Å². The Morgan fingerprint density at radius 2 is 1.71 bits per heavy atom. The number of aromatic nitrogens is 1. The number of carbonyl (C=O) groups is 2. The molecular weight excluding hydrogens is 499 g/mol. The molecule has 0 aliphatic carbocycles. The number of esters is 1. The summed E-state index contributed by atoms with van der Waals surface area (Å²) in [4.78, 5) is 29.2. The van der Waals surface area contributed by atoms with Gasteiger partial charge in [0.1, 0.15) is 34.1 Å². The fraction of sp³-hybridized carbons (Fsp3) is 0.348. The van der Waals surface area contributed by atoms with Crippen LogP contribution in [0.1, 0.15) is 19.8 Å². The average molecular weight is 525 g/mol. The van der Waals surface area contributed by atoms with Crippen molar-refractivity contribution >= 4 is 43.3 Å². The molecule has 12 heteroatoms. The first kappa shape index (κ1) is 26.4. The molecule has 1 amide bonds. The molecule has 0 N–H and O–H groups in total. The zero-order valence-corrected chi connectivity index (χ0v) is 21.1. The molecule has 0 aliphatic rings. The lowest BCUT2D eigenvalue weighted by Gasteiger charge is -2.10. The molecule has 3 rings (SSSR count). The van der Waals surface area contributed by atoms with E-state index in [1.165, 1.54) is 30.9 Å². The molecule has 1 heterocycles. The Kier molecular flexibility index (Phi) is 8.62. The summed E-state index contributed by atoms with van der Waals surface area (Å²) in [5, 5.41) is 0. The maximum atomic E-state index is 13.1. The smallest absolute Gasteiger partial charge is 0.326 e. The maximum Gasteiger partial charge on any atom is 0.326 e. The van der Waals surface area contributed by atoms with Crippen LogP contribution in [0.25, 0.3) is 10.2 Å². The van der Waals surface area contributed by atoms with Crippen molar-refractivity contribution < 1.29 is 36.6 Å². The Labute approximate surface area is 205 Å². The third-order valence-corrected chi connectivity index (χ3v) is 7.89. The van der Waals surface area contributed by atoms with Gasteiger partial charge in [-0.15, -0.1) is 0 Å². The topological polar surface area (TPSA) is 113 Å². The van der Waals surface area contributed by atoms with Crippen molar-refractivity contribution in [2.45, 2.75) is 31.2 Å². The van der Waals surface area contributed by atoms with Crippen molar-refractivity contribution in [2.24, 2.45) is 4.99 Å². The fourth-order valence-electron chi connectivity index (χ4n) is 3.36. The number of thiazole rings is 1. The van der Waals surface area contributed by atoms with Crippen LogP contribution in [0.3, 0.4) is 0 Å². The fourth-order valence-corrected chi connectivity index (χ4v) is 5.82. The number of hydrogen-bond donors (Lipinski definition) is 0. The van der Waals surface area contributed by atoms with Crippen molar-refractivity contribution in [1.82, 2.24) is 4.57 Å². The number of hydrogen-bond acceptors (Lipinski definition) is 8. The highest BCUT2D eigenvalue weighted by Crippen LogP contribution is 2.35. The Morgan fingerprint density at radius 3 is 2.34 bits per heavy atom. The first-order chi connectivity index (χ1) is 16.7. The predicted octanol–water partition coefficient (Wildman–Crippen LogP) is 3.10. The average Bonchev–Trinajstić information content (AvgIpc) is 3.16. The second-order valence-electron chi connectivity index (χ2n) is 7.31. The Bertz CT molecular complexity index is 1390. The number of sulfone groups is 1. The third-order valence-electron chi connectivity index (χ3n) is 4.98. The van der Waals surface area contributed by atoms with Crippen LogP contribution in [-0.4, -0.2) is 51.4 Å². The molecule has 188 valence electrons. The maximum absolute atomic E-state index is 13.1. The number of ether oxygens (including phenoxy) is 3. The molecule has 0 spiro atoms. The van der Waals surface area contributed by atoms with Gasteiger partial charge in [-0.2, -0.15) is 4.99 Å². The third kappa shape index (κ3) is 6.25. The number of amides is 1. The summed E-state index contributed by atoms with van der Waals surface area (Å²) in [7, 11) is -0.688. The first-order valence-electron chi connectivity index (χ1n) is 10.7. The van der Waals surface area contributed by atoms with Crippen LogP contribution in [-0.2, 0) is 30.7 Å². The Morgan fingerprint density at radius 1 is 1.06 bits per heavy atom. The van der Waals surface area contributed by atoms with Crippen molar-refractivity contribution in [2.75, 3.05) is 26.6 Å². The van der Waals surface area contributed by atoms with Crippen LogP contribution in [0.4, 0.5) is 4.39 Å². The summed E-state index contributed by atoms with van der Waals surface area (Å²) in [5.41, 5.74) is 0.523. The van der Waals surface area contributed by atoms with Gasteiger partial charge in [0.15, 0.2) is 14.6 Å². The minimum absolute atomic E-state index is 0.0146. The van der Waals surface area contributed by atoms with Gasteiger partial charge in [0.2, 0.25) is 5.91 Å². The van der Waals surface area contributed by atoms with Gasteiger partial charge in [-0.3, -0.25) is 9.59 Å². The van der Waals surface area contributed by atoms with Gasteiger partial charge >= 0.3 is 5.97 Å². The summed E-state index contributed by atoms with van der Waals surface area (Å²) in [6, 6.07) is 7.90. The lowest BCUT2D eigenvalue weighted by molar-refractivity contribution is -0.143. The number of halogens is 1. The van der Waals surface area contributed by atoms with E-state index < -0.39 is 27.5 Å². The van der Waals surface area contributed by atoms with Gasteiger partial charge in [0, 0.05) is 6.42 Å². The summed E-state index contributed by atoms with van der Waals surface area (Å²) in [5.74, 6) is -0.927. The minimum Gasteiger partial charge on any atom is -0.495 e. The van der Waals surface area contributed by atoms with E-state index in [1.54, 1.807) is 19.1 Å². The monoisotopic (exact) mass is 524 g/mol. The van der Waals surface area contributed by atoms with E-state index in [0.29, 0.717) is 21.7 Å². The lowest BCUT2D eigenvalue weighted by atomic mass is 10.3. The predicted molar refractivity (Wildman–Crippen MR) is 128 cm³/mol. The van der Waals surface area contributed by atoms with Gasteiger partial charge < -0.3 is 18.8 Å². The zero-order chi connectivity index (χ0) is 25.6. The number of methoxy groups -OCH3 is 2. The van der Waals surface area contributed by atoms with Crippen molar-refractivity contribution in [3.8, 4) is 11.5 Å². The molecule has 0 aliphatic heterocycles. The van der Waals surface area contributed by atoms with Gasteiger partial charge in [0.25, 0.3) is 0 Å². The van der Waals surface area contributed by atoms with Crippen LogP contribution >= 0.6 is 11.3 Å². The summed E-state index contributed by atoms with van der Waals surface area (Å²) < 4.78 is 56.0. The number of fused-ring (bicyclic) bond motifs is 1. The van der Waals surface area contributed by atoms with Crippen LogP contribution in [0, 0.1) is 5.82 Å². The largest absolute Gasteiger partial charge is 0.495 e. The Hall–Kier alpha value is -3.25. The molecule has 3 aromatic rings. The van der Waals surface area contributed by atoms with Crippen LogP contribution in [0.15, 0.2) is 46.3 Å². The molecule has 35 heavy (non-hydrogen) atoms. The van der Waals surface area contributed by atoms with E-state index in [9.17, 15) is 22.4 Å². The molecular formula is C23H25FN2O7S2. The zero-order valence-electron chi connectivity index (χ0n) is 19.4. The highest BCUT2D eigenvalue weighted by molar-refractivity contribution is 7.91. The molecule has 1 aromatic heterocycles. The van der Waals surface area contributed by atoms with Gasteiger partial charge in [0.05, 0.1) is 31.5 Å². The van der Waals surface area contributed by atoms with Gasteiger partial charge in [-0.05, 0) is 49.7 Å². The van der Waals surface area contributed by atoms with Crippen molar-refractivity contribution in [3.05, 3.63) is 47.0 Å². The number of carbonyl (C=O) groups excluding carboxylic acids is 2. The van der Waals surface area contributed by atoms with Crippen LogP contribution in [0.5, 0.6) is 11.5 Å². The highest BCUT2D eigenvalue weighted by Gasteiger charge is 2.19. The summed E-state index contributed by atoms with van der Waals surface area (Å²) >= 11 is 1.14. The summed E-state index contributed by atoms with van der Waals surface area (Å²) in [6.07, 6.45) is -0.111. The molecule has 0 saturated carbocycles. The molecule has 0 unspecified atom stereocenters. The van der Waals surface area contributed by atoms with E-state index in [0.717, 1.165) is 23.5 Å². The lowest BCUT2D eigenvalue weighted by Crippen LogP contribution is -2.23. The normalized spacial score (nSPS) is 12.1. The minimum atomic E-state index is -3.67. The molecule has 0 bridgehead atoms. The summed E-state index contributed by atoms with van der Waals surface area (Å²) in [6.45, 7) is 1.67. The quantitative estimate of drug-likeness (QED) is 0.296. The molecule has 0 saturated heterocycles. The highest BCUT2D eigenvalue weighted by atomic mass is 32.2. The SMILES string of the molecule is CCOC(=O)Cn1c(=NC(=O)CCCS(=O)(=O)c2ccc(F)cc2)sc2c(OC)ccc(OC)c21. The number of rotatable bonds is 10. The van der Waals surface area contributed by atoms with Crippen LogP contribution < -0.4 is 14.3 Å². The van der Waals surface area contributed by atoms with E-state index in [4.69, 9.17) is 14.2 Å². The number of benzene rings is 2. The Balaban J connectivity index is 1.89. The molecule has 0 radical (unpaired) electrons. The molecule has 0 fully saturated rings. The van der Waals surface area contributed by atoms with Gasteiger partial charge in [-0.25, -0.2) is 12.8 Å². The van der Waals surface area contributed by atoms with E-state index in [-0.39, 0.29) is 41.4 Å². The second-order valence-corrected chi connectivity index (χ2v) is 10.4. The van der Waals surface area contributed by atoms with Crippen molar-refractivity contribution in [1.29, 1.82) is 0 Å². The molecule has 0 atom stereocenters. The molecule has 9 nitrogen and oxygen atoms in total. The van der Waals surface area contributed by atoms with E-state index in [2.05, 4.69) is 4.99 Å². The second kappa shape index (κ2) is 11.5. The van der Waals surface area contributed by atoms with Gasteiger partial charge in [-0.1, -0.05) is 11.3 Å². The van der Waals surface area contributed by atoms with E-state index >= 15 is 0 Å². The van der Waals surface area contributed by atoms with Crippen molar-refractivity contribution in [3.63, 3.8) is 0 Å². The first-order valence-corrected chi connectivity index (χ1v) is 13.1.